The predicted octanol–water partition coefficient (Wildman–Crippen LogP) is 1.24. The van der Waals surface area contributed by atoms with Crippen molar-refractivity contribution in [3.63, 3.8) is 0 Å². The molecule has 2 N–H and O–H groups in total. The van der Waals surface area contributed by atoms with E-state index in [4.69, 9.17) is 5.11 Å². The lowest BCUT2D eigenvalue weighted by Crippen LogP contribution is -2.52. The normalized spacial score (nSPS) is 26.1. The zero-order valence-electron chi connectivity index (χ0n) is 12.2. The number of amides is 1. The van der Waals surface area contributed by atoms with Crippen molar-refractivity contribution >= 4 is 5.91 Å². The standard InChI is InChI=1S/C14H28N2O2/c1-5-16-9-11(6-7-17)8-12(10-16)15-13(18)14(2,3)4/h11-12,17H,5-10H2,1-4H3,(H,15,18). The Balaban J connectivity index is 2.56. The quantitative estimate of drug-likeness (QED) is 0.796. The van der Waals surface area contributed by atoms with E-state index in [9.17, 15) is 4.79 Å². The van der Waals surface area contributed by atoms with E-state index in [0.717, 1.165) is 32.5 Å². The summed E-state index contributed by atoms with van der Waals surface area (Å²) in [4.78, 5) is 14.4. The van der Waals surface area contributed by atoms with Crippen molar-refractivity contribution < 1.29 is 9.90 Å². The van der Waals surface area contributed by atoms with Crippen molar-refractivity contribution in [2.45, 2.75) is 46.6 Å². The Morgan fingerprint density at radius 3 is 2.56 bits per heavy atom. The average molecular weight is 256 g/mol. The van der Waals surface area contributed by atoms with Crippen LogP contribution in [-0.2, 0) is 4.79 Å². The van der Waals surface area contributed by atoms with Crippen LogP contribution in [0.5, 0.6) is 0 Å². The number of hydrogen-bond acceptors (Lipinski definition) is 3. The van der Waals surface area contributed by atoms with Crippen molar-refractivity contribution in [2.24, 2.45) is 11.3 Å². The Kier molecular flexibility index (Phi) is 5.60. The zero-order valence-corrected chi connectivity index (χ0v) is 12.2. The molecular weight excluding hydrogens is 228 g/mol. The van der Waals surface area contributed by atoms with Gasteiger partial charge in [-0.3, -0.25) is 4.79 Å². The first kappa shape index (κ1) is 15.4. The Hall–Kier alpha value is -0.610. The van der Waals surface area contributed by atoms with Crippen LogP contribution in [0.3, 0.4) is 0 Å². The molecule has 2 unspecified atom stereocenters. The van der Waals surface area contributed by atoms with Crippen LogP contribution in [0.1, 0.15) is 40.5 Å². The van der Waals surface area contributed by atoms with Crippen LogP contribution >= 0.6 is 0 Å². The van der Waals surface area contributed by atoms with Crippen molar-refractivity contribution in [3.8, 4) is 0 Å². The van der Waals surface area contributed by atoms with Crippen molar-refractivity contribution in [3.05, 3.63) is 0 Å². The van der Waals surface area contributed by atoms with Gasteiger partial charge in [-0.25, -0.2) is 0 Å². The van der Waals surface area contributed by atoms with Crippen LogP contribution in [0, 0.1) is 11.3 Å². The van der Waals surface area contributed by atoms with E-state index in [0.29, 0.717) is 5.92 Å². The Morgan fingerprint density at radius 1 is 1.39 bits per heavy atom. The number of piperidine rings is 1. The zero-order chi connectivity index (χ0) is 13.8. The molecule has 1 aliphatic heterocycles. The largest absolute Gasteiger partial charge is 0.396 e. The summed E-state index contributed by atoms with van der Waals surface area (Å²) in [7, 11) is 0. The number of carbonyl (C=O) groups excluding carboxylic acids is 1. The van der Waals surface area contributed by atoms with Crippen LogP contribution in [0.15, 0.2) is 0 Å². The number of likely N-dealkylation sites (tertiary alicyclic amines) is 1. The number of aliphatic hydroxyl groups excluding tert-OH is 1. The Bertz CT molecular complexity index is 273. The van der Waals surface area contributed by atoms with Gasteiger partial charge in [-0.15, -0.1) is 0 Å². The Labute approximate surface area is 111 Å². The second-order valence-corrected chi connectivity index (χ2v) is 6.39. The van der Waals surface area contributed by atoms with E-state index in [1.165, 1.54) is 0 Å². The highest BCUT2D eigenvalue weighted by Gasteiger charge is 2.30. The monoisotopic (exact) mass is 256 g/mol. The predicted molar refractivity (Wildman–Crippen MR) is 73.3 cm³/mol. The van der Waals surface area contributed by atoms with Crippen LogP contribution in [0.2, 0.25) is 0 Å². The summed E-state index contributed by atoms with van der Waals surface area (Å²) in [6.45, 7) is 11.2. The van der Waals surface area contributed by atoms with E-state index in [2.05, 4.69) is 17.1 Å². The van der Waals surface area contributed by atoms with Gasteiger partial charge in [0.25, 0.3) is 0 Å². The molecule has 0 radical (unpaired) electrons. The fourth-order valence-electron chi connectivity index (χ4n) is 2.46. The van der Waals surface area contributed by atoms with Gasteiger partial charge in [0.15, 0.2) is 0 Å². The van der Waals surface area contributed by atoms with Crippen LogP contribution in [-0.4, -0.2) is 48.2 Å². The van der Waals surface area contributed by atoms with Gasteiger partial charge in [0.1, 0.15) is 0 Å². The summed E-state index contributed by atoms with van der Waals surface area (Å²) in [6, 6.07) is 0.224. The highest BCUT2D eigenvalue weighted by molar-refractivity contribution is 5.81. The number of carbonyl (C=O) groups is 1. The first-order valence-electron chi connectivity index (χ1n) is 7.01. The lowest BCUT2D eigenvalue weighted by molar-refractivity contribution is -0.129. The van der Waals surface area contributed by atoms with Gasteiger partial charge in [0, 0.05) is 31.2 Å². The summed E-state index contributed by atoms with van der Waals surface area (Å²) in [5.41, 5.74) is -0.332. The molecule has 1 aliphatic rings. The highest BCUT2D eigenvalue weighted by atomic mass is 16.3. The Morgan fingerprint density at radius 2 is 2.06 bits per heavy atom. The van der Waals surface area contributed by atoms with Gasteiger partial charge in [0.2, 0.25) is 5.91 Å². The molecule has 18 heavy (non-hydrogen) atoms. The maximum absolute atomic E-state index is 12.0. The summed E-state index contributed by atoms with van der Waals surface area (Å²) in [6.07, 6.45) is 1.82. The molecule has 0 saturated carbocycles. The lowest BCUT2D eigenvalue weighted by Gasteiger charge is -2.38. The van der Waals surface area contributed by atoms with Gasteiger partial charge >= 0.3 is 0 Å². The van der Waals surface area contributed by atoms with E-state index < -0.39 is 0 Å². The van der Waals surface area contributed by atoms with Gasteiger partial charge in [-0.05, 0) is 25.3 Å². The lowest BCUT2D eigenvalue weighted by atomic mass is 9.90. The molecule has 0 aliphatic carbocycles. The summed E-state index contributed by atoms with van der Waals surface area (Å²) < 4.78 is 0. The third kappa shape index (κ3) is 4.58. The third-order valence-electron chi connectivity index (χ3n) is 3.61. The molecule has 2 atom stereocenters. The minimum Gasteiger partial charge on any atom is -0.396 e. The minimum atomic E-state index is -0.332. The molecular formula is C14H28N2O2. The molecule has 1 heterocycles. The van der Waals surface area contributed by atoms with E-state index in [1.54, 1.807) is 0 Å². The second-order valence-electron chi connectivity index (χ2n) is 6.39. The van der Waals surface area contributed by atoms with E-state index in [-0.39, 0.29) is 24.0 Å². The molecule has 1 amide bonds. The van der Waals surface area contributed by atoms with Crippen molar-refractivity contribution in [1.29, 1.82) is 0 Å². The smallest absolute Gasteiger partial charge is 0.225 e. The third-order valence-corrected chi connectivity index (χ3v) is 3.61. The fourth-order valence-corrected chi connectivity index (χ4v) is 2.46. The number of nitrogens with zero attached hydrogens (tertiary/aromatic N) is 1. The molecule has 1 rings (SSSR count). The second kappa shape index (κ2) is 6.53. The molecule has 0 aromatic rings. The fraction of sp³-hybridized carbons (Fsp3) is 0.929. The maximum atomic E-state index is 12.0. The number of likely N-dealkylation sites (N-methyl/N-ethyl adjacent to an activating group) is 1. The first-order chi connectivity index (χ1) is 8.36. The van der Waals surface area contributed by atoms with Crippen LogP contribution in [0.4, 0.5) is 0 Å². The summed E-state index contributed by atoms with van der Waals surface area (Å²) in [5, 5.41) is 12.2. The van der Waals surface area contributed by atoms with E-state index >= 15 is 0 Å². The molecule has 0 spiro atoms. The first-order valence-corrected chi connectivity index (χ1v) is 7.01. The van der Waals surface area contributed by atoms with Gasteiger partial charge in [-0.1, -0.05) is 27.7 Å². The number of aliphatic hydroxyl groups is 1. The molecule has 106 valence electrons. The molecule has 4 nitrogen and oxygen atoms in total. The SMILES string of the molecule is CCN1CC(CCO)CC(NC(=O)C(C)(C)C)C1. The maximum Gasteiger partial charge on any atom is 0.225 e. The van der Waals surface area contributed by atoms with E-state index in [1.807, 2.05) is 20.8 Å². The molecule has 0 aromatic carbocycles. The number of nitrogens with one attached hydrogen (secondary N) is 1. The van der Waals surface area contributed by atoms with Gasteiger partial charge in [0.05, 0.1) is 0 Å². The molecule has 0 bridgehead atoms. The molecule has 4 heteroatoms. The van der Waals surface area contributed by atoms with Crippen molar-refractivity contribution in [1.82, 2.24) is 10.2 Å². The van der Waals surface area contributed by atoms with Gasteiger partial charge < -0.3 is 15.3 Å². The number of hydrogen-bond donors (Lipinski definition) is 2. The van der Waals surface area contributed by atoms with Crippen molar-refractivity contribution in [2.75, 3.05) is 26.2 Å². The average Bonchev–Trinajstić information content (AvgIpc) is 2.27. The number of rotatable bonds is 4. The topological polar surface area (TPSA) is 52.6 Å². The van der Waals surface area contributed by atoms with Crippen LogP contribution < -0.4 is 5.32 Å². The summed E-state index contributed by atoms with van der Waals surface area (Å²) in [5.74, 6) is 0.613. The molecule has 1 fully saturated rings. The minimum absolute atomic E-state index is 0.119. The summed E-state index contributed by atoms with van der Waals surface area (Å²) >= 11 is 0. The molecule has 0 aromatic heterocycles. The van der Waals surface area contributed by atoms with Gasteiger partial charge in [-0.2, -0.15) is 0 Å². The molecule has 1 saturated heterocycles. The van der Waals surface area contributed by atoms with Crippen LogP contribution in [0.25, 0.3) is 0 Å². The highest BCUT2D eigenvalue weighted by Crippen LogP contribution is 2.21.